The molecule has 0 aliphatic carbocycles. The van der Waals surface area contributed by atoms with E-state index in [1.165, 1.54) is 25.5 Å². The van der Waals surface area contributed by atoms with Gasteiger partial charge in [-0.1, -0.05) is 5.92 Å². The number of nitrogens with zero attached hydrogens (tertiary/aromatic N) is 2. The molecule has 3 N–H and O–H groups in total. The van der Waals surface area contributed by atoms with Crippen molar-refractivity contribution in [1.29, 1.82) is 0 Å². The van der Waals surface area contributed by atoms with Gasteiger partial charge in [0.05, 0.1) is 17.7 Å². The Hall–Kier alpha value is -3.65. The van der Waals surface area contributed by atoms with Crippen molar-refractivity contribution in [2.24, 2.45) is 12.8 Å². The molecule has 0 spiro atoms. The molecule has 1 atom stereocenters. The molecule has 176 valence electrons. The van der Waals surface area contributed by atoms with Crippen LogP contribution in [0.1, 0.15) is 44.6 Å². The number of anilines is 1. The number of amides is 2. The first-order valence-electron chi connectivity index (χ1n) is 9.42. The zero-order valence-corrected chi connectivity index (χ0v) is 18.2. The van der Waals surface area contributed by atoms with Crippen LogP contribution in [0.5, 0.6) is 0 Å². The fraction of sp³-hybridized carbons (Fsp3) is 0.318. The molecule has 11 heteroatoms. The maximum atomic E-state index is 13.8. The molecule has 0 bridgehead atoms. The maximum absolute atomic E-state index is 13.8. The summed E-state index contributed by atoms with van der Waals surface area (Å²) in [6.45, 7) is 3.04. The highest BCUT2D eigenvalue weighted by molar-refractivity contribution is 6.48. The third kappa shape index (κ3) is 4.34. The van der Waals surface area contributed by atoms with Gasteiger partial charge in [0.15, 0.2) is 0 Å². The lowest BCUT2D eigenvalue weighted by atomic mass is 9.97. The number of carbonyl (C=O) groups is 3. The molecule has 2 aromatic rings. The van der Waals surface area contributed by atoms with Crippen LogP contribution in [0.2, 0.25) is 0 Å². The van der Waals surface area contributed by atoms with Gasteiger partial charge < -0.3 is 15.4 Å². The number of nitrogens with two attached hydrogens (primary N) is 1. The van der Waals surface area contributed by atoms with E-state index in [0.29, 0.717) is 17.0 Å². The van der Waals surface area contributed by atoms with Crippen LogP contribution in [0.3, 0.4) is 0 Å². The van der Waals surface area contributed by atoms with Gasteiger partial charge in [0, 0.05) is 18.4 Å². The molecular weight excluding hydrogens is 446 g/mol. The first-order valence-corrected chi connectivity index (χ1v) is 9.42. The van der Waals surface area contributed by atoms with Crippen LogP contribution in [-0.4, -0.2) is 39.4 Å². The lowest BCUT2D eigenvalue weighted by Gasteiger charge is -2.36. The van der Waals surface area contributed by atoms with Crippen molar-refractivity contribution in [1.82, 2.24) is 4.57 Å². The summed E-state index contributed by atoms with van der Waals surface area (Å²) in [6, 6.07) is 1.63. The third-order valence-electron chi connectivity index (χ3n) is 5.41. The molecule has 0 aliphatic rings. The summed E-state index contributed by atoms with van der Waals surface area (Å²) in [7, 11) is 1.44. The minimum Gasteiger partial charge on any atom is -0.393 e. The zero-order valence-electron chi connectivity index (χ0n) is 18.2. The average Bonchev–Trinajstić information content (AvgIpc) is 2.95. The lowest BCUT2D eigenvalue weighted by Crippen LogP contribution is -2.54. The number of alkyl halides is 3. The Balaban J connectivity index is 2.76. The number of aromatic nitrogens is 1. The summed E-state index contributed by atoms with van der Waals surface area (Å²) < 4.78 is 54.9. The lowest BCUT2D eigenvalue weighted by molar-refractivity contribution is -0.140. The van der Waals surface area contributed by atoms with E-state index in [0.717, 1.165) is 13.0 Å². The Morgan fingerprint density at radius 3 is 2.24 bits per heavy atom. The molecule has 1 heterocycles. The number of benzene rings is 1. The van der Waals surface area contributed by atoms with Gasteiger partial charge in [0.1, 0.15) is 17.1 Å². The minimum atomic E-state index is -5.10. The van der Waals surface area contributed by atoms with E-state index in [1.54, 1.807) is 0 Å². The fourth-order valence-electron chi connectivity index (χ4n) is 3.55. The molecule has 33 heavy (non-hydrogen) atoms. The predicted molar refractivity (Wildman–Crippen MR) is 111 cm³/mol. The highest BCUT2D eigenvalue weighted by Gasteiger charge is 2.42. The number of hydrogen-bond donors (Lipinski definition) is 2. The second-order valence-corrected chi connectivity index (χ2v) is 7.57. The number of carbonyl (C=O) groups excluding carboxylic acids is 3. The third-order valence-corrected chi connectivity index (χ3v) is 5.41. The molecule has 1 aromatic carbocycles. The number of hydrogen-bond acceptors (Lipinski definition) is 4. The fourth-order valence-corrected chi connectivity index (χ4v) is 3.55. The second-order valence-electron chi connectivity index (χ2n) is 7.57. The van der Waals surface area contributed by atoms with Gasteiger partial charge in [-0.05, 0) is 44.5 Å². The van der Waals surface area contributed by atoms with Crippen molar-refractivity contribution in [3.63, 3.8) is 0 Å². The normalized spacial score (nSPS) is 13.2. The monoisotopic (exact) mass is 467 g/mol. The molecule has 2 rings (SSSR count). The van der Waals surface area contributed by atoms with Crippen molar-refractivity contribution in [2.75, 3.05) is 11.5 Å². The van der Waals surface area contributed by atoms with Crippen LogP contribution in [0.25, 0.3) is 0 Å². The van der Waals surface area contributed by atoms with Crippen molar-refractivity contribution in [3.05, 3.63) is 52.1 Å². The van der Waals surface area contributed by atoms with Crippen LogP contribution in [-0.2, 0) is 18.0 Å². The van der Waals surface area contributed by atoms with Crippen molar-refractivity contribution in [2.45, 2.75) is 32.5 Å². The Bertz CT molecular complexity index is 1190. The molecule has 2 amide bonds. The molecule has 0 saturated heterocycles. The molecule has 7 nitrogen and oxygen atoms in total. The standard InChI is InChI=1S/C22H21F4N3O4/c1-6-21(4,10-30)29(13-7-8-15(23)14(9-13)22(24,25)26)20(33)18(31)16-11(2)17(19(27)32)28(5)12(16)3/h1,7-9,30H,10H2,2-5H3,(H2,27,32)/t21-/m0/s1. The topological polar surface area (TPSA) is 106 Å². The summed E-state index contributed by atoms with van der Waals surface area (Å²) in [4.78, 5) is 38.8. The van der Waals surface area contributed by atoms with Crippen molar-refractivity contribution < 1.29 is 37.1 Å². The highest BCUT2D eigenvalue weighted by atomic mass is 19.4. The first kappa shape index (κ1) is 25.6. The van der Waals surface area contributed by atoms with E-state index in [9.17, 15) is 37.1 Å². The number of aliphatic hydroxyl groups is 1. The molecule has 0 aliphatic heterocycles. The van der Waals surface area contributed by atoms with Crippen molar-refractivity contribution >= 4 is 23.3 Å². The largest absolute Gasteiger partial charge is 0.419 e. The number of Topliss-reactive ketones (excluding diaryl/α,β-unsaturated/α-hetero) is 1. The van der Waals surface area contributed by atoms with Crippen LogP contribution in [0.15, 0.2) is 18.2 Å². The van der Waals surface area contributed by atoms with Gasteiger partial charge in [-0.2, -0.15) is 13.2 Å². The van der Waals surface area contributed by atoms with Crippen molar-refractivity contribution in [3.8, 4) is 12.3 Å². The van der Waals surface area contributed by atoms with Crippen LogP contribution >= 0.6 is 0 Å². The SMILES string of the molecule is C#C[C@@](C)(CO)N(C(=O)C(=O)c1c(C)c(C(N)=O)n(C)c1C)c1ccc(F)c(C(F)(F)F)c1. The smallest absolute Gasteiger partial charge is 0.393 e. The zero-order chi connectivity index (χ0) is 25.5. The van der Waals surface area contributed by atoms with Crippen LogP contribution in [0, 0.1) is 32.0 Å². The predicted octanol–water partition coefficient (Wildman–Crippen LogP) is 2.50. The van der Waals surface area contributed by atoms with Gasteiger partial charge in [0.2, 0.25) is 0 Å². The first-order chi connectivity index (χ1) is 15.1. The highest BCUT2D eigenvalue weighted by Crippen LogP contribution is 2.36. The Morgan fingerprint density at radius 2 is 1.82 bits per heavy atom. The summed E-state index contributed by atoms with van der Waals surface area (Å²) in [5.74, 6) is -2.96. The van der Waals surface area contributed by atoms with Gasteiger partial charge >= 0.3 is 12.1 Å². The van der Waals surface area contributed by atoms with Crippen LogP contribution in [0.4, 0.5) is 23.2 Å². The minimum absolute atomic E-state index is 0.0433. The Labute approximate surface area is 186 Å². The second kappa shape index (κ2) is 8.71. The summed E-state index contributed by atoms with van der Waals surface area (Å²) >= 11 is 0. The molecule has 1 aromatic heterocycles. The molecular formula is C22H21F4N3O4. The molecule has 0 fully saturated rings. The number of primary amides is 1. The quantitative estimate of drug-likeness (QED) is 0.295. The number of halogens is 4. The van der Waals surface area contributed by atoms with E-state index in [-0.39, 0.29) is 22.5 Å². The average molecular weight is 467 g/mol. The Kier molecular flexibility index (Phi) is 6.76. The van der Waals surface area contributed by atoms with E-state index in [2.05, 4.69) is 5.92 Å². The van der Waals surface area contributed by atoms with E-state index < -0.39 is 53.0 Å². The molecule has 0 unspecified atom stereocenters. The number of ketones is 1. The Morgan fingerprint density at radius 1 is 1.24 bits per heavy atom. The van der Waals surface area contributed by atoms with Gasteiger partial charge in [0.25, 0.3) is 11.7 Å². The summed E-state index contributed by atoms with van der Waals surface area (Å²) in [5, 5.41) is 9.82. The van der Waals surface area contributed by atoms with E-state index in [4.69, 9.17) is 12.2 Å². The van der Waals surface area contributed by atoms with Crippen LogP contribution < -0.4 is 10.6 Å². The van der Waals surface area contributed by atoms with E-state index >= 15 is 0 Å². The van der Waals surface area contributed by atoms with Gasteiger partial charge in [-0.15, -0.1) is 6.42 Å². The molecule has 0 radical (unpaired) electrons. The van der Waals surface area contributed by atoms with Gasteiger partial charge in [-0.3, -0.25) is 19.3 Å². The van der Waals surface area contributed by atoms with Gasteiger partial charge in [-0.25, -0.2) is 4.39 Å². The molecule has 0 saturated carbocycles. The van der Waals surface area contributed by atoms with E-state index in [1.807, 2.05) is 0 Å². The number of aliphatic hydroxyl groups excluding tert-OH is 1. The number of rotatable bonds is 6. The summed E-state index contributed by atoms with van der Waals surface area (Å²) in [5.41, 5.74) is 1.17. The summed E-state index contributed by atoms with van der Waals surface area (Å²) in [6.07, 6.45) is 0.334. The maximum Gasteiger partial charge on any atom is 0.419 e. The number of terminal acetylenes is 1.